The van der Waals surface area contributed by atoms with E-state index in [1.54, 1.807) is 38.0 Å². The van der Waals surface area contributed by atoms with Gasteiger partial charge in [0.25, 0.3) is 11.5 Å². The third kappa shape index (κ3) is 4.76. The second-order valence-electron chi connectivity index (χ2n) is 11.4. The lowest BCUT2D eigenvalue weighted by molar-refractivity contribution is 0.0910. The van der Waals surface area contributed by atoms with Crippen LogP contribution >= 0.6 is 0 Å². The molecule has 0 fully saturated rings. The number of nitrogens with one attached hydrogen (secondary N) is 1. The molecule has 196 valence electrons. The number of pyridine rings is 2. The van der Waals surface area contributed by atoms with E-state index in [9.17, 15) is 9.59 Å². The Labute approximate surface area is 222 Å². The highest BCUT2D eigenvalue weighted by molar-refractivity contribution is 5.94. The molecule has 7 heteroatoms. The van der Waals surface area contributed by atoms with Crippen molar-refractivity contribution >= 4 is 16.8 Å². The van der Waals surface area contributed by atoms with Crippen LogP contribution in [-0.4, -0.2) is 28.1 Å². The highest BCUT2D eigenvalue weighted by Gasteiger charge is 2.41. The lowest BCUT2D eigenvalue weighted by Crippen LogP contribution is -2.44. The van der Waals surface area contributed by atoms with Gasteiger partial charge in [0.2, 0.25) is 0 Å². The fourth-order valence-electron chi connectivity index (χ4n) is 5.36. The van der Waals surface area contributed by atoms with Crippen molar-refractivity contribution in [3.8, 4) is 5.82 Å². The number of amides is 1. The second-order valence-corrected chi connectivity index (χ2v) is 11.4. The molecule has 0 saturated heterocycles. The number of ether oxygens (including phenoxy) is 2. The van der Waals surface area contributed by atoms with E-state index in [1.807, 2.05) is 45.0 Å². The summed E-state index contributed by atoms with van der Waals surface area (Å²) < 4.78 is 12.5. The second kappa shape index (κ2) is 9.31. The van der Waals surface area contributed by atoms with Crippen molar-refractivity contribution in [1.29, 1.82) is 0 Å². The molecule has 1 N–H and O–H groups in total. The Kier molecular flexibility index (Phi) is 6.25. The monoisotopic (exact) mass is 511 g/mol. The number of carbonyl (C=O) groups is 1. The molecule has 0 radical (unpaired) electrons. The van der Waals surface area contributed by atoms with Crippen LogP contribution in [0, 0.1) is 12.3 Å². The maximum absolute atomic E-state index is 13.4. The first kappa shape index (κ1) is 25.5. The summed E-state index contributed by atoms with van der Waals surface area (Å²) in [5, 5.41) is 4.18. The SMILES string of the molecule is COC1=COC=C2CC(C)(C)C(CC(C)(C)NC(=O)c3ccc(=O)n(-c4ccc5cc(C)ccc5n4)c3)=C21. The molecular weight excluding hydrogens is 478 g/mol. The van der Waals surface area contributed by atoms with Crippen molar-refractivity contribution in [3.05, 3.63) is 105 Å². The molecule has 1 aliphatic heterocycles. The number of carbonyl (C=O) groups excluding carboxylic acids is 1. The average molecular weight is 512 g/mol. The number of aromatic nitrogens is 2. The minimum Gasteiger partial charge on any atom is -0.493 e. The number of nitrogens with zero attached hydrogens (tertiary/aromatic N) is 2. The number of hydrogen-bond donors (Lipinski definition) is 1. The Hall–Kier alpha value is -4.13. The summed E-state index contributed by atoms with van der Waals surface area (Å²) in [4.78, 5) is 30.8. The van der Waals surface area contributed by atoms with Gasteiger partial charge in [0.1, 0.15) is 12.1 Å². The van der Waals surface area contributed by atoms with E-state index >= 15 is 0 Å². The first-order valence-electron chi connectivity index (χ1n) is 12.7. The van der Waals surface area contributed by atoms with Gasteiger partial charge in [-0.25, -0.2) is 4.98 Å². The van der Waals surface area contributed by atoms with E-state index in [0.717, 1.165) is 34.0 Å². The normalized spacial score (nSPS) is 16.5. The van der Waals surface area contributed by atoms with Gasteiger partial charge in [-0.3, -0.25) is 14.2 Å². The highest BCUT2D eigenvalue weighted by atomic mass is 16.5. The summed E-state index contributed by atoms with van der Waals surface area (Å²) in [6, 6.07) is 12.7. The zero-order chi connectivity index (χ0) is 27.2. The number of methoxy groups -OCH3 is 1. The Morgan fingerprint density at radius 2 is 1.95 bits per heavy atom. The van der Waals surface area contributed by atoms with Crippen molar-refractivity contribution in [2.24, 2.45) is 5.41 Å². The van der Waals surface area contributed by atoms with E-state index in [2.05, 4.69) is 24.1 Å². The number of aryl methyl sites for hydroxylation is 1. The van der Waals surface area contributed by atoms with Crippen molar-refractivity contribution in [1.82, 2.24) is 14.9 Å². The van der Waals surface area contributed by atoms with Gasteiger partial charge in [0, 0.05) is 28.8 Å². The number of hydrogen-bond acceptors (Lipinski definition) is 5. The number of rotatable bonds is 6. The standard InChI is InChI=1S/C31H33N3O4/c1-19-7-10-24-20(13-19)8-11-26(32-24)34-16-21(9-12-27(34)35)29(36)33-31(4,5)15-23-28-22(14-30(23,2)3)17-38-18-25(28)37-6/h7-13,16-18H,14-15H2,1-6H3,(H,33,36). The minimum absolute atomic E-state index is 0.109. The van der Waals surface area contributed by atoms with Gasteiger partial charge in [-0.05, 0) is 74.9 Å². The summed E-state index contributed by atoms with van der Waals surface area (Å²) in [6.45, 7) is 10.4. The van der Waals surface area contributed by atoms with Gasteiger partial charge >= 0.3 is 0 Å². The van der Waals surface area contributed by atoms with Crippen molar-refractivity contribution in [3.63, 3.8) is 0 Å². The zero-order valence-corrected chi connectivity index (χ0v) is 22.7. The van der Waals surface area contributed by atoms with Crippen LogP contribution in [0.25, 0.3) is 16.7 Å². The quantitative estimate of drug-likeness (QED) is 0.458. The van der Waals surface area contributed by atoms with Crippen molar-refractivity contribution < 1.29 is 14.3 Å². The van der Waals surface area contributed by atoms with Crippen LogP contribution < -0.4 is 10.9 Å². The Morgan fingerprint density at radius 1 is 1.16 bits per heavy atom. The largest absolute Gasteiger partial charge is 0.493 e. The van der Waals surface area contributed by atoms with Crippen LogP contribution in [0.5, 0.6) is 0 Å². The molecule has 2 aromatic heterocycles. The summed E-state index contributed by atoms with van der Waals surface area (Å²) in [5.74, 6) is 0.916. The molecule has 0 spiro atoms. The molecule has 1 aliphatic carbocycles. The zero-order valence-electron chi connectivity index (χ0n) is 22.7. The van der Waals surface area contributed by atoms with Crippen LogP contribution in [0.3, 0.4) is 0 Å². The van der Waals surface area contributed by atoms with E-state index in [0.29, 0.717) is 23.6 Å². The Bertz CT molecular complexity index is 1600. The van der Waals surface area contributed by atoms with Crippen LogP contribution in [0.1, 0.15) is 56.5 Å². The van der Waals surface area contributed by atoms with E-state index in [1.165, 1.54) is 16.2 Å². The predicted molar refractivity (Wildman–Crippen MR) is 148 cm³/mol. The molecule has 0 saturated carbocycles. The molecule has 0 bridgehead atoms. The first-order valence-corrected chi connectivity index (χ1v) is 12.7. The Morgan fingerprint density at radius 3 is 2.71 bits per heavy atom. The van der Waals surface area contributed by atoms with E-state index in [-0.39, 0.29) is 16.9 Å². The molecule has 5 rings (SSSR count). The van der Waals surface area contributed by atoms with Gasteiger partial charge in [-0.15, -0.1) is 0 Å². The number of fused-ring (bicyclic) bond motifs is 2. The molecule has 1 amide bonds. The van der Waals surface area contributed by atoms with Gasteiger partial charge in [0.05, 0.1) is 24.5 Å². The van der Waals surface area contributed by atoms with Crippen LogP contribution in [0.15, 0.2) is 88.5 Å². The molecule has 2 aliphatic rings. The summed E-state index contributed by atoms with van der Waals surface area (Å²) in [6.07, 6.45) is 6.43. The van der Waals surface area contributed by atoms with E-state index < -0.39 is 5.54 Å². The third-order valence-electron chi connectivity index (χ3n) is 7.24. The number of benzene rings is 1. The summed E-state index contributed by atoms with van der Waals surface area (Å²) in [7, 11) is 1.64. The third-order valence-corrected chi connectivity index (χ3v) is 7.24. The first-order chi connectivity index (χ1) is 18.0. The number of allylic oxidation sites excluding steroid dienone is 1. The fourth-order valence-corrected chi connectivity index (χ4v) is 5.36. The summed E-state index contributed by atoms with van der Waals surface area (Å²) >= 11 is 0. The summed E-state index contributed by atoms with van der Waals surface area (Å²) in [5.41, 5.74) is 4.77. The molecule has 1 aromatic carbocycles. The van der Waals surface area contributed by atoms with Gasteiger partial charge in [0.15, 0.2) is 5.76 Å². The highest BCUT2D eigenvalue weighted by Crippen LogP contribution is 2.51. The van der Waals surface area contributed by atoms with Gasteiger partial charge < -0.3 is 14.8 Å². The van der Waals surface area contributed by atoms with Crippen LogP contribution in [0.2, 0.25) is 0 Å². The molecule has 38 heavy (non-hydrogen) atoms. The maximum Gasteiger partial charge on any atom is 0.256 e. The molecule has 7 nitrogen and oxygen atoms in total. The maximum atomic E-state index is 13.4. The lowest BCUT2D eigenvalue weighted by Gasteiger charge is -2.32. The molecular formula is C31H33N3O4. The van der Waals surface area contributed by atoms with Crippen molar-refractivity contribution in [2.75, 3.05) is 7.11 Å². The molecule has 3 heterocycles. The van der Waals surface area contributed by atoms with Crippen LogP contribution in [-0.2, 0) is 9.47 Å². The van der Waals surface area contributed by atoms with Gasteiger partial charge in [-0.2, -0.15) is 0 Å². The molecule has 3 aromatic rings. The van der Waals surface area contributed by atoms with Crippen LogP contribution in [0.4, 0.5) is 0 Å². The minimum atomic E-state index is -0.566. The molecule has 0 atom stereocenters. The topological polar surface area (TPSA) is 82.5 Å². The Balaban J connectivity index is 1.42. The average Bonchev–Trinajstić information content (AvgIpc) is 3.12. The van der Waals surface area contributed by atoms with Gasteiger partial charge in [-0.1, -0.05) is 31.1 Å². The van der Waals surface area contributed by atoms with Crippen molar-refractivity contribution in [2.45, 2.75) is 53.0 Å². The molecule has 0 unspecified atom stereocenters. The predicted octanol–water partition coefficient (Wildman–Crippen LogP) is 5.72. The smallest absolute Gasteiger partial charge is 0.256 e. The lowest BCUT2D eigenvalue weighted by atomic mass is 9.78. The fraction of sp³-hybridized carbons (Fsp3) is 0.323. The van der Waals surface area contributed by atoms with E-state index in [4.69, 9.17) is 9.47 Å².